The van der Waals surface area contributed by atoms with Gasteiger partial charge in [-0.3, -0.25) is 10.5 Å². The van der Waals surface area contributed by atoms with Gasteiger partial charge in [0.25, 0.3) is 5.91 Å². The Morgan fingerprint density at radius 3 is 2.97 bits per heavy atom. The van der Waals surface area contributed by atoms with Gasteiger partial charge in [0.2, 0.25) is 0 Å². The van der Waals surface area contributed by atoms with Crippen LogP contribution in [0.4, 0.5) is 0 Å². The number of aliphatic imine (C=N–C) groups is 1. The molecular formula is C22H34N5O5S+. The highest BCUT2D eigenvalue weighted by Gasteiger charge is 2.41. The molecule has 182 valence electrons. The van der Waals surface area contributed by atoms with E-state index in [9.17, 15) is 9.59 Å². The van der Waals surface area contributed by atoms with Crippen LogP contribution in [0.25, 0.3) is 0 Å². The van der Waals surface area contributed by atoms with Crippen molar-refractivity contribution >= 4 is 28.4 Å². The second kappa shape index (κ2) is 11.7. The minimum Gasteiger partial charge on any atom is -0.493 e. The second-order valence-electron chi connectivity index (χ2n) is 8.43. The van der Waals surface area contributed by atoms with Crippen molar-refractivity contribution < 1.29 is 24.5 Å². The molecule has 0 saturated heterocycles. The topological polar surface area (TPSA) is 156 Å². The molecule has 0 bridgehead atoms. The number of amides is 1. The Labute approximate surface area is 197 Å². The fraction of sp³-hybridized carbons (Fsp3) is 0.636. The highest BCUT2D eigenvalue weighted by Crippen LogP contribution is 2.30. The highest BCUT2D eigenvalue weighted by molar-refractivity contribution is 8.16. The van der Waals surface area contributed by atoms with Gasteiger partial charge in [-0.25, -0.2) is 9.79 Å². The minimum atomic E-state index is -1.45. The zero-order valence-electron chi connectivity index (χ0n) is 19.3. The Bertz CT molecular complexity index is 945. The van der Waals surface area contributed by atoms with Crippen LogP contribution in [0, 0.1) is 5.92 Å². The van der Waals surface area contributed by atoms with E-state index in [0.717, 1.165) is 32.2 Å². The SMILES string of the molecule is CCCC(NC(=O)C1(N)CSC(C(C)=NOCCC[NH3+])=N1)c1cc(OCC2CC2)cc(=O)o1. The molecule has 0 spiro atoms. The molecule has 6 N–H and O–H groups in total. The number of ether oxygens (including phenoxy) is 1. The van der Waals surface area contributed by atoms with Gasteiger partial charge in [-0.15, -0.1) is 11.8 Å². The Hall–Kier alpha value is -2.37. The van der Waals surface area contributed by atoms with Crippen LogP contribution in [-0.2, 0) is 9.63 Å². The number of carbonyl (C=O) groups excluding carboxylic acids is 1. The zero-order chi connectivity index (χ0) is 23.8. The number of quaternary nitrogens is 1. The lowest BCUT2D eigenvalue weighted by molar-refractivity contribution is -0.369. The monoisotopic (exact) mass is 480 g/mol. The van der Waals surface area contributed by atoms with E-state index in [1.54, 1.807) is 13.0 Å². The predicted molar refractivity (Wildman–Crippen MR) is 127 cm³/mol. The van der Waals surface area contributed by atoms with Gasteiger partial charge in [0.05, 0.1) is 25.3 Å². The Morgan fingerprint density at radius 2 is 2.27 bits per heavy atom. The molecule has 2 atom stereocenters. The Kier molecular flexibility index (Phi) is 8.93. The van der Waals surface area contributed by atoms with Crippen LogP contribution >= 0.6 is 11.8 Å². The number of oxime groups is 1. The molecule has 2 aliphatic rings. The molecule has 1 aliphatic carbocycles. The summed E-state index contributed by atoms with van der Waals surface area (Å²) in [7, 11) is 0. The lowest BCUT2D eigenvalue weighted by Gasteiger charge is -2.24. The van der Waals surface area contributed by atoms with Gasteiger partial charge in [-0.1, -0.05) is 18.5 Å². The van der Waals surface area contributed by atoms with E-state index < -0.39 is 23.2 Å². The third kappa shape index (κ3) is 7.31. The number of nitrogens with one attached hydrogen (secondary N) is 1. The van der Waals surface area contributed by atoms with Gasteiger partial charge >= 0.3 is 5.63 Å². The van der Waals surface area contributed by atoms with Gasteiger partial charge in [-0.2, -0.15) is 0 Å². The highest BCUT2D eigenvalue weighted by atomic mass is 32.2. The van der Waals surface area contributed by atoms with Crippen molar-refractivity contribution in [1.82, 2.24) is 5.32 Å². The lowest BCUT2D eigenvalue weighted by Crippen LogP contribution is -2.54. The normalized spacial score (nSPS) is 21.5. The molecule has 11 heteroatoms. The molecule has 0 radical (unpaired) electrons. The van der Waals surface area contributed by atoms with Crippen LogP contribution in [0.2, 0.25) is 0 Å². The molecule has 3 rings (SSSR count). The number of nitrogens with two attached hydrogens (primary N) is 1. The molecule has 1 aromatic heterocycles. The maximum absolute atomic E-state index is 13.1. The van der Waals surface area contributed by atoms with Crippen molar-refractivity contribution in [2.24, 2.45) is 21.8 Å². The molecular weight excluding hydrogens is 446 g/mol. The standard InChI is InChI=1S/C22H33N5O5S/c1-3-5-17(18-10-16(11-19(28)32-18)30-12-15-6-7-15)25-21(29)22(24)13-33-20(26-22)14(2)27-31-9-4-8-23/h10-11,15,17H,3-9,12-13,23-24H2,1-2H3,(H,25,29)/p+1. The van der Waals surface area contributed by atoms with E-state index in [0.29, 0.717) is 47.8 Å². The number of thioether (sulfide) groups is 1. The van der Waals surface area contributed by atoms with Crippen LogP contribution in [0.3, 0.4) is 0 Å². The van der Waals surface area contributed by atoms with E-state index in [1.165, 1.54) is 17.8 Å². The van der Waals surface area contributed by atoms with Crippen LogP contribution in [-0.4, -0.2) is 47.8 Å². The molecule has 1 saturated carbocycles. The van der Waals surface area contributed by atoms with E-state index in [-0.39, 0.29) is 5.75 Å². The first-order chi connectivity index (χ1) is 15.8. The van der Waals surface area contributed by atoms with Gasteiger partial charge in [0.15, 0.2) is 5.66 Å². The van der Waals surface area contributed by atoms with Crippen LogP contribution in [0.15, 0.2) is 31.5 Å². The first-order valence-corrected chi connectivity index (χ1v) is 12.4. The average Bonchev–Trinajstić information content (AvgIpc) is 3.53. The van der Waals surface area contributed by atoms with Crippen LogP contribution in [0.1, 0.15) is 57.8 Å². The first-order valence-electron chi connectivity index (χ1n) is 11.4. The van der Waals surface area contributed by atoms with E-state index in [1.807, 2.05) is 6.92 Å². The first kappa shape index (κ1) is 25.3. The maximum Gasteiger partial charge on any atom is 0.339 e. The van der Waals surface area contributed by atoms with Crippen molar-refractivity contribution in [3.8, 4) is 5.75 Å². The van der Waals surface area contributed by atoms with Crippen molar-refractivity contribution in [2.75, 3.05) is 25.5 Å². The van der Waals surface area contributed by atoms with Crippen LogP contribution < -0.4 is 27.1 Å². The summed E-state index contributed by atoms with van der Waals surface area (Å²) in [6, 6.07) is 2.48. The smallest absolute Gasteiger partial charge is 0.339 e. The van der Waals surface area contributed by atoms with Gasteiger partial charge in [0, 0.05) is 18.2 Å². The van der Waals surface area contributed by atoms with Crippen molar-refractivity contribution in [3.05, 3.63) is 28.3 Å². The quantitative estimate of drug-likeness (QED) is 0.218. The van der Waals surface area contributed by atoms with Crippen molar-refractivity contribution in [1.29, 1.82) is 0 Å². The van der Waals surface area contributed by atoms with Crippen LogP contribution in [0.5, 0.6) is 5.75 Å². The summed E-state index contributed by atoms with van der Waals surface area (Å²) in [4.78, 5) is 34.9. The fourth-order valence-corrected chi connectivity index (χ4v) is 4.18. The summed E-state index contributed by atoms with van der Waals surface area (Å²) in [5.41, 5.74) is 8.70. The zero-order valence-corrected chi connectivity index (χ0v) is 20.1. The van der Waals surface area contributed by atoms with E-state index in [2.05, 4.69) is 21.2 Å². The van der Waals surface area contributed by atoms with Crippen molar-refractivity contribution in [3.63, 3.8) is 0 Å². The Morgan fingerprint density at radius 1 is 1.48 bits per heavy atom. The number of nitrogens with zero attached hydrogens (tertiary/aromatic N) is 2. The predicted octanol–water partition coefficient (Wildman–Crippen LogP) is 1.21. The van der Waals surface area contributed by atoms with E-state index in [4.69, 9.17) is 19.7 Å². The molecule has 1 fully saturated rings. The van der Waals surface area contributed by atoms with Gasteiger partial charge < -0.3 is 25.0 Å². The van der Waals surface area contributed by atoms with Gasteiger partial charge in [-0.05, 0) is 32.1 Å². The van der Waals surface area contributed by atoms with Crippen molar-refractivity contribution in [2.45, 2.75) is 57.7 Å². The minimum absolute atomic E-state index is 0.271. The molecule has 0 aromatic carbocycles. The number of hydrogen-bond acceptors (Lipinski definition) is 9. The summed E-state index contributed by atoms with van der Waals surface area (Å²) in [6.07, 6.45) is 4.44. The lowest BCUT2D eigenvalue weighted by atomic mass is 10.1. The third-order valence-electron chi connectivity index (χ3n) is 5.29. The molecule has 2 unspecified atom stereocenters. The van der Waals surface area contributed by atoms with E-state index >= 15 is 0 Å². The number of hydrogen-bond donors (Lipinski definition) is 3. The summed E-state index contributed by atoms with van der Waals surface area (Å²) >= 11 is 1.35. The summed E-state index contributed by atoms with van der Waals surface area (Å²) in [6.45, 7) is 5.57. The summed E-state index contributed by atoms with van der Waals surface area (Å²) in [5.74, 6) is 1.18. The second-order valence-corrected chi connectivity index (χ2v) is 9.39. The Balaban J connectivity index is 1.69. The summed E-state index contributed by atoms with van der Waals surface area (Å²) in [5, 5.41) is 7.53. The molecule has 1 aromatic rings. The summed E-state index contributed by atoms with van der Waals surface area (Å²) < 4.78 is 11.1. The maximum atomic E-state index is 13.1. The molecule has 1 aliphatic heterocycles. The average molecular weight is 481 g/mol. The molecule has 2 heterocycles. The largest absolute Gasteiger partial charge is 0.493 e. The number of carbonyl (C=O) groups is 1. The number of rotatable bonds is 13. The molecule has 33 heavy (non-hydrogen) atoms. The third-order valence-corrected chi connectivity index (χ3v) is 6.54. The fourth-order valence-electron chi connectivity index (χ4n) is 3.16. The van der Waals surface area contributed by atoms with Gasteiger partial charge in [0.1, 0.15) is 28.9 Å². The molecule has 1 amide bonds. The molecule has 10 nitrogen and oxygen atoms in total.